The molecule has 105 heavy (non-hydrogen) atoms. The Morgan fingerprint density at radius 1 is 0.171 bits per heavy atom. The van der Waals surface area contributed by atoms with Gasteiger partial charge in [-0.2, -0.15) is 0 Å². The number of aromatic nitrogens is 7. The van der Waals surface area contributed by atoms with Gasteiger partial charge in [-0.15, -0.1) is 0 Å². The Morgan fingerprint density at radius 2 is 0.333 bits per heavy atom. The van der Waals surface area contributed by atoms with Gasteiger partial charge >= 0.3 is 0 Å². The van der Waals surface area contributed by atoms with E-state index >= 15 is 0 Å². The van der Waals surface area contributed by atoms with Crippen LogP contribution in [0.2, 0.25) is 0 Å². The Hall–Kier alpha value is -6.55. The molecule has 0 saturated carbocycles. The van der Waals surface area contributed by atoms with Gasteiger partial charge in [0.05, 0.1) is 5.69 Å². The standard InChI is InChI=1S/C95H146N10/c1-7-13-19-25-31-37-43-49-61-81-67-55-73-88(96-81)103(89-74-56-68-82(97-89)62-50-44-38-32-26-20-14-8-2)87-79-94(104(90-75-57-69-83(98-90)63-51-45-39-33-27-21-15-9-3)91-76-58-70-84(99-91)64-52-46-40-34-28-22-16-10-4)102-95(80-87)105(92-77-59-71-85(100-92)65-53-47-41-35-29-23-17-11-5)93-78-60-72-86(101-93)66-54-48-42-36-30-24-18-12-6/h55-60,67-80H,7-54,61-66H2,1-6H3. The van der Waals surface area contributed by atoms with Crippen LogP contribution in [-0.2, 0) is 38.5 Å². The maximum absolute atomic E-state index is 6.02. The van der Waals surface area contributed by atoms with Gasteiger partial charge in [-0.25, -0.2) is 34.9 Å². The molecule has 0 aromatic carbocycles. The fourth-order valence-corrected chi connectivity index (χ4v) is 15.0. The van der Waals surface area contributed by atoms with Gasteiger partial charge in [0.25, 0.3) is 0 Å². The SMILES string of the molecule is CCCCCCCCCCc1cccc(N(c2cc(N(c3cccc(CCCCCCCCCC)n3)c3cccc(CCCCCCCCCC)n3)nc(N(c3cccc(CCCCCCCCCC)n3)c3cccc(CCCCCCCCCC)n3)c2)c2cccc(CCCCCCCCCC)n2)n1. The van der Waals surface area contributed by atoms with Crippen LogP contribution >= 0.6 is 0 Å². The van der Waals surface area contributed by atoms with Crippen LogP contribution in [0.1, 0.15) is 384 Å². The highest BCUT2D eigenvalue weighted by Gasteiger charge is 2.27. The van der Waals surface area contributed by atoms with Gasteiger partial charge in [0.15, 0.2) is 0 Å². The summed E-state index contributed by atoms with van der Waals surface area (Å²) in [6, 6.07) is 44.2. The molecule has 576 valence electrons. The molecular weight excluding hydrogens is 1280 g/mol. The molecule has 0 atom stereocenters. The van der Waals surface area contributed by atoms with Gasteiger partial charge in [0.1, 0.15) is 46.5 Å². The normalized spacial score (nSPS) is 11.5. The summed E-state index contributed by atoms with van der Waals surface area (Å²) in [6.45, 7) is 13.8. The van der Waals surface area contributed by atoms with Crippen LogP contribution in [0.3, 0.4) is 0 Å². The highest BCUT2D eigenvalue weighted by molar-refractivity contribution is 5.83. The van der Waals surface area contributed by atoms with E-state index in [-0.39, 0.29) is 0 Å². The van der Waals surface area contributed by atoms with E-state index in [0.717, 1.165) is 152 Å². The molecule has 7 heterocycles. The molecule has 0 amide bonds. The summed E-state index contributed by atoms with van der Waals surface area (Å²) < 4.78 is 0. The monoisotopic (exact) mass is 1430 g/mol. The van der Waals surface area contributed by atoms with Crippen LogP contribution in [0.25, 0.3) is 0 Å². The molecule has 0 aliphatic carbocycles. The predicted molar refractivity (Wildman–Crippen MR) is 453 cm³/mol. The Labute approximate surface area is 641 Å². The van der Waals surface area contributed by atoms with E-state index < -0.39 is 0 Å². The number of rotatable bonds is 63. The fourth-order valence-electron chi connectivity index (χ4n) is 15.0. The second-order valence-electron chi connectivity index (χ2n) is 30.8. The lowest BCUT2D eigenvalue weighted by molar-refractivity contribution is 0.574. The summed E-state index contributed by atoms with van der Waals surface area (Å²) in [5.41, 5.74) is 7.43. The fraction of sp³-hybridized carbons (Fsp3) is 0.632. The molecule has 0 aliphatic rings. The van der Waals surface area contributed by atoms with Crippen molar-refractivity contribution >= 4 is 52.2 Å². The van der Waals surface area contributed by atoms with Gasteiger partial charge in [0, 0.05) is 46.3 Å². The number of unbranched alkanes of at least 4 members (excludes halogenated alkanes) is 42. The summed E-state index contributed by atoms with van der Waals surface area (Å²) in [5.74, 6) is 6.24. The molecule has 7 aromatic heterocycles. The molecule has 7 rings (SSSR count). The van der Waals surface area contributed by atoms with E-state index in [2.05, 4.69) is 178 Å². The molecular formula is C95H146N10. The number of hydrogen-bond acceptors (Lipinski definition) is 10. The lowest BCUT2D eigenvalue weighted by atomic mass is 10.1. The Kier molecular flexibility index (Phi) is 44.8. The first kappa shape index (κ1) is 85.7. The van der Waals surface area contributed by atoms with E-state index in [1.54, 1.807) is 0 Å². The number of pyridine rings is 7. The minimum absolute atomic E-state index is 0.696. The second kappa shape index (κ2) is 54.9. The zero-order valence-corrected chi connectivity index (χ0v) is 67.7. The van der Waals surface area contributed by atoms with Gasteiger partial charge in [-0.3, -0.25) is 14.7 Å². The number of nitrogens with zero attached hydrogens (tertiary/aromatic N) is 10. The minimum atomic E-state index is 0.696. The topological polar surface area (TPSA) is 100.0 Å². The quantitative estimate of drug-likeness (QED) is 0.0343. The highest BCUT2D eigenvalue weighted by atomic mass is 15.3. The lowest BCUT2D eigenvalue weighted by Crippen LogP contribution is -2.21. The van der Waals surface area contributed by atoms with Gasteiger partial charge in [-0.05, 0) is 150 Å². The van der Waals surface area contributed by atoms with Crippen molar-refractivity contribution in [1.82, 2.24) is 34.9 Å². The third-order valence-electron chi connectivity index (χ3n) is 21.3. The average Bonchev–Trinajstić information content (AvgIpc) is 0.761. The lowest BCUT2D eigenvalue weighted by Gasteiger charge is -2.30. The van der Waals surface area contributed by atoms with Crippen LogP contribution in [0.4, 0.5) is 52.2 Å². The number of anilines is 9. The zero-order valence-electron chi connectivity index (χ0n) is 67.7. The van der Waals surface area contributed by atoms with E-state index in [0.29, 0.717) is 11.6 Å². The van der Waals surface area contributed by atoms with Crippen molar-refractivity contribution in [2.45, 2.75) is 388 Å². The van der Waals surface area contributed by atoms with Crippen LogP contribution in [0, 0.1) is 0 Å². The third-order valence-corrected chi connectivity index (χ3v) is 21.3. The van der Waals surface area contributed by atoms with Crippen molar-refractivity contribution in [2.24, 2.45) is 0 Å². The van der Waals surface area contributed by atoms with Gasteiger partial charge in [-0.1, -0.05) is 348 Å². The zero-order chi connectivity index (χ0) is 73.7. The first-order valence-corrected chi connectivity index (χ1v) is 44.1. The number of hydrogen-bond donors (Lipinski definition) is 0. The molecule has 0 N–H and O–H groups in total. The summed E-state index contributed by atoms with van der Waals surface area (Å²) in [7, 11) is 0. The molecule has 0 bridgehead atoms. The first-order valence-electron chi connectivity index (χ1n) is 44.1. The molecule has 0 radical (unpaired) electrons. The minimum Gasteiger partial charge on any atom is -0.279 e. The van der Waals surface area contributed by atoms with E-state index in [1.165, 1.54) is 270 Å². The molecule has 10 nitrogen and oxygen atoms in total. The van der Waals surface area contributed by atoms with Crippen molar-refractivity contribution < 1.29 is 0 Å². The smallest absolute Gasteiger partial charge is 0.144 e. The molecule has 0 saturated heterocycles. The second-order valence-corrected chi connectivity index (χ2v) is 30.8. The van der Waals surface area contributed by atoms with Gasteiger partial charge in [0.2, 0.25) is 0 Å². The Morgan fingerprint density at radius 3 is 0.514 bits per heavy atom. The van der Waals surface area contributed by atoms with Crippen LogP contribution in [-0.4, -0.2) is 34.9 Å². The highest BCUT2D eigenvalue weighted by Crippen LogP contribution is 2.43. The van der Waals surface area contributed by atoms with Crippen LogP contribution < -0.4 is 14.7 Å². The summed E-state index contributed by atoms with van der Waals surface area (Å²) >= 11 is 0. The largest absolute Gasteiger partial charge is 0.279 e. The molecule has 0 unspecified atom stereocenters. The predicted octanol–water partition coefficient (Wildman–Crippen LogP) is 30.0. The average molecular weight is 1430 g/mol. The molecule has 10 heteroatoms. The summed E-state index contributed by atoms with van der Waals surface area (Å²) in [4.78, 5) is 46.9. The molecule has 0 spiro atoms. The van der Waals surface area contributed by atoms with E-state index in [9.17, 15) is 0 Å². The van der Waals surface area contributed by atoms with Gasteiger partial charge < -0.3 is 0 Å². The van der Waals surface area contributed by atoms with Crippen LogP contribution in [0.15, 0.2) is 121 Å². The maximum atomic E-state index is 6.02. The van der Waals surface area contributed by atoms with Crippen LogP contribution in [0.5, 0.6) is 0 Å². The van der Waals surface area contributed by atoms with Crippen molar-refractivity contribution in [3.05, 3.63) is 155 Å². The Bertz CT molecular complexity index is 2780. The molecule has 7 aromatic rings. The molecule has 0 aliphatic heterocycles. The Balaban J connectivity index is 1.42. The first-order chi connectivity index (χ1) is 51.9. The van der Waals surface area contributed by atoms with Crippen molar-refractivity contribution in [2.75, 3.05) is 14.7 Å². The summed E-state index contributed by atoms with van der Waals surface area (Å²) in [5, 5.41) is 0. The number of aryl methyl sites for hydroxylation is 6. The molecule has 0 fully saturated rings. The summed E-state index contributed by atoms with van der Waals surface area (Å²) in [6.07, 6.45) is 66.4. The van der Waals surface area contributed by atoms with E-state index in [1.807, 2.05) is 0 Å². The maximum Gasteiger partial charge on any atom is 0.144 e. The van der Waals surface area contributed by atoms with Crippen molar-refractivity contribution in [3.8, 4) is 0 Å². The third kappa shape index (κ3) is 34.1. The van der Waals surface area contributed by atoms with Crippen molar-refractivity contribution in [3.63, 3.8) is 0 Å². The van der Waals surface area contributed by atoms with E-state index in [4.69, 9.17) is 34.9 Å². The van der Waals surface area contributed by atoms with Crippen molar-refractivity contribution in [1.29, 1.82) is 0 Å².